The molecule has 5 heteroatoms. The minimum Gasteiger partial charge on any atom is -0.508 e. The van der Waals surface area contributed by atoms with Gasteiger partial charge in [-0.1, -0.05) is 11.6 Å². The van der Waals surface area contributed by atoms with Gasteiger partial charge in [-0.2, -0.15) is 0 Å². The van der Waals surface area contributed by atoms with Gasteiger partial charge in [-0.3, -0.25) is 4.79 Å². The van der Waals surface area contributed by atoms with Gasteiger partial charge < -0.3 is 19.4 Å². The van der Waals surface area contributed by atoms with Gasteiger partial charge in [-0.25, -0.2) is 0 Å². The molecule has 0 aliphatic rings. The number of benzene rings is 2. The number of hydrogen-bond donors (Lipinski definition) is 2. The van der Waals surface area contributed by atoms with Crippen molar-refractivity contribution >= 4 is 11.0 Å². The number of methoxy groups -OCH3 is 1. The van der Waals surface area contributed by atoms with Gasteiger partial charge in [-0.15, -0.1) is 0 Å². The Morgan fingerprint density at radius 2 is 1.96 bits per heavy atom. The Kier molecular flexibility index (Phi) is 4.71. The lowest BCUT2D eigenvalue weighted by molar-refractivity contribution is 0.370. The van der Waals surface area contributed by atoms with E-state index in [9.17, 15) is 15.0 Å². The summed E-state index contributed by atoms with van der Waals surface area (Å²) in [6, 6.07) is 7.66. The summed E-state index contributed by atoms with van der Waals surface area (Å²) in [5, 5.41) is 20.2. The molecule has 3 rings (SSSR count). The highest BCUT2D eigenvalue weighted by molar-refractivity contribution is 5.83. The van der Waals surface area contributed by atoms with Crippen LogP contribution in [0.4, 0.5) is 0 Å². The van der Waals surface area contributed by atoms with Crippen molar-refractivity contribution in [2.24, 2.45) is 0 Å². The normalized spacial score (nSPS) is 10.7. The molecular formula is C21H20O5. The maximum Gasteiger partial charge on any atom is 0.200 e. The number of aromatic hydroxyl groups is 2. The van der Waals surface area contributed by atoms with Crippen molar-refractivity contribution in [3.63, 3.8) is 0 Å². The van der Waals surface area contributed by atoms with E-state index in [0.717, 1.165) is 11.1 Å². The van der Waals surface area contributed by atoms with Crippen LogP contribution in [0.5, 0.6) is 17.2 Å². The van der Waals surface area contributed by atoms with Gasteiger partial charge in [-0.05, 0) is 50.1 Å². The van der Waals surface area contributed by atoms with Gasteiger partial charge in [0.25, 0.3) is 0 Å². The standard InChI is InChI=1S/C21H20O5/c1-12(2)4-5-13-8-14(9-18(23)21(13)25-3)17-11-26-19-10-15(22)6-7-16(19)20(17)24/h4,6-11,22-23H,5H2,1-3H3. The SMILES string of the molecule is COc1c(O)cc(-c2coc3cc(O)ccc3c2=O)cc1CC=C(C)C. The molecule has 0 aliphatic heterocycles. The molecule has 0 radical (unpaired) electrons. The highest BCUT2D eigenvalue weighted by Gasteiger charge is 2.15. The molecule has 2 N–H and O–H groups in total. The summed E-state index contributed by atoms with van der Waals surface area (Å²) in [4.78, 5) is 12.8. The first-order valence-corrected chi connectivity index (χ1v) is 8.19. The zero-order valence-corrected chi connectivity index (χ0v) is 14.9. The van der Waals surface area contributed by atoms with Gasteiger partial charge in [0.15, 0.2) is 16.9 Å². The fraction of sp³-hybridized carbons (Fsp3) is 0.190. The number of rotatable bonds is 4. The van der Waals surface area contributed by atoms with Crippen LogP contribution in [0.3, 0.4) is 0 Å². The number of phenols is 2. The van der Waals surface area contributed by atoms with Gasteiger partial charge >= 0.3 is 0 Å². The van der Waals surface area contributed by atoms with E-state index in [1.807, 2.05) is 26.0 Å². The number of hydrogen-bond acceptors (Lipinski definition) is 5. The lowest BCUT2D eigenvalue weighted by Gasteiger charge is -2.12. The first kappa shape index (κ1) is 17.6. The predicted molar refractivity (Wildman–Crippen MR) is 101 cm³/mol. The average molecular weight is 352 g/mol. The lowest BCUT2D eigenvalue weighted by atomic mass is 9.99. The molecule has 0 atom stereocenters. The maximum atomic E-state index is 12.8. The molecule has 0 bridgehead atoms. The minimum atomic E-state index is -0.232. The van der Waals surface area contributed by atoms with Crippen molar-refractivity contribution in [2.75, 3.05) is 7.11 Å². The third kappa shape index (κ3) is 3.28. The van der Waals surface area contributed by atoms with E-state index in [1.165, 1.54) is 37.6 Å². The number of allylic oxidation sites excluding steroid dienone is 2. The third-order valence-electron chi connectivity index (χ3n) is 4.15. The molecule has 0 spiro atoms. The summed E-state index contributed by atoms with van der Waals surface area (Å²) in [6.45, 7) is 3.98. The second kappa shape index (κ2) is 6.96. The zero-order chi connectivity index (χ0) is 18.8. The van der Waals surface area contributed by atoms with Crippen molar-refractivity contribution in [2.45, 2.75) is 20.3 Å². The van der Waals surface area contributed by atoms with Crippen molar-refractivity contribution in [1.29, 1.82) is 0 Å². The molecule has 1 heterocycles. The van der Waals surface area contributed by atoms with Gasteiger partial charge in [0.2, 0.25) is 0 Å². The summed E-state index contributed by atoms with van der Waals surface area (Å²) in [5.41, 5.74) is 2.87. The van der Waals surface area contributed by atoms with Crippen molar-refractivity contribution in [3.05, 3.63) is 64.0 Å². The summed E-state index contributed by atoms with van der Waals surface area (Å²) >= 11 is 0. The topological polar surface area (TPSA) is 79.9 Å². The van der Waals surface area contributed by atoms with Crippen molar-refractivity contribution in [3.8, 4) is 28.4 Å². The van der Waals surface area contributed by atoms with Crippen LogP contribution in [0.1, 0.15) is 19.4 Å². The third-order valence-corrected chi connectivity index (χ3v) is 4.15. The molecule has 2 aromatic carbocycles. The molecule has 1 aromatic heterocycles. The molecule has 0 saturated heterocycles. The molecule has 0 unspecified atom stereocenters. The van der Waals surface area contributed by atoms with Crippen LogP contribution in [-0.2, 0) is 6.42 Å². The van der Waals surface area contributed by atoms with E-state index < -0.39 is 0 Å². The van der Waals surface area contributed by atoms with E-state index in [0.29, 0.717) is 34.3 Å². The second-order valence-electron chi connectivity index (χ2n) is 6.33. The molecule has 26 heavy (non-hydrogen) atoms. The van der Waals surface area contributed by atoms with Crippen LogP contribution < -0.4 is 10.2 Å². The lowest BCUT2D eigenvalue weighted by Crippen LogP contribution is -2.05. The summed E-state index contributed by atoms with van der Waals surface area (Å²) in [6.07, 6.45) is 3.93. The highest BCUT2D eigenvalue weighted by atomic mass is 16.5. The van der Waals surface area contributed by atoms with Crippen LogP contribution in [0.2, 0.25) is 0 Å². The summed E-state index contributed by atoms with van der Waals surface area (Å²) < 4.78 is 10.8. The quantitative estimate of drug-likeness (QED) is 0.681. The van der Waals surface area contributed by atoms with E-state index >= 15 is 0 Å². The molecule has 0 aliphatic carbocycles. The molecule has 5 nitrogen and oxygen atoms in total. The molecule has 134 valence electrons. The van der Waals surface area contributed by atoms with E-state index in [2.05, 4.69) is 0 Å². The van der Waals surface area contributed by atoms with Crippen molar-refractivity contribution < 1.29 is 19.4 Å². The largest absolute Gasteiger partial charge is 0.508 e. The smallest absolute Gasteiger partial charge is 0.200 e. The predicted octanol–water partition coefficient (Wildman–Crippen LogP) is 4.39. The Morgan fingerprint density at radius 3 is 2.65 bits per heavy atom. The highest BCUT2D eigenvalue weighted by Crippen LogP contribution is 2.36. The first-order chi connectivity index (χ1) is 12.4. The van der Waals surface area contributed by atoms with E-state index in [4.69, 9.17) is 9.15 Å². The average Bonchev–Trinajstić information content (AvgIpc) is 2.59. The molecule has 0 amide bonds. The maximum absolute atomic E-state index is 12.8. The summed E-state index contributed by atoms with van der Waals surface area (Å²) in [5.74, 6) is 0.383. The van der Waals surface area contributed by atoms with Gasteiger partial charge in [0, 0.05) is 11.6 Å². The van der Waals surface area contributed by atoms with Crippen molar-refractivity contribution in [1.82, 2.24) is 0 Å². The molecule has 3 aromatic rings. The monoisotopic (exact) mass is 352 g/mol. The first-order valence-electron chi connectivity index (χ1n) is 8.19. The van der Waals surface area contributed by atoms with E-state index in [1.54, 1.807) is 0 Å². The van der Waals surface area contributed by atoms with Crippen LogP contribution in [-0.4, -0.2) is 17.3 Å². The van der Waals surface area contributed by atoms with Crippen LogP contribution in [0.15, 0.2) is 57.5 Å². The number of phenolic OH excluding ortho intramolecular Hbond substituents is 2. The number of fused-ring (bicyclic) bond motifs is 1. The Labute approximate surface area is 150 Å². The summed E-state index contributed by atoms with van der Waals surface area (Å²) in [7, 11) is 1.50. The van der Waals surface area contributed by atoms with Crippen LogP contribution in [0, 0.1) is 0 Å². The Balaban J connectivity index is 2.19. The number of ether oxygens (including phenoxy) is 1. The van der Waals surface area contributed by atoms with Crippen LogP contribution in [0.25, 0.3) is 22.1 Å². The molecule has 0 saturated carbocycles. The molecule has 0 fully saturated rings. The zero-order valence-electron chi connectivity index (χ0n) is 14.9. The van der Waals surface area contributed by atoms with Gasteiger partial charge in [0.05, 0.1) is 18.1 Å². The van der Waals surface area contributed by atoms with E-state index in [-0.39, 0.29) is 16.9 Å². The fourth-order valence-electron chi connectivity index (χ4n) is 2.85. The molecular weight excluding hydrogens is 332 g/mol. The Bertz CT molecular complexity index is 1060. The Morgan fingerprint density at radius 1 is 1.19 bits per heavy atom. The van der Waals surface area contributed by atoms with Gasteiger partial charge in [0.1, 0.15) is 17.6 Å². The second-order valence-corrected chi connectivity index (χ2v) is 6.33. The fourth-order valence-corrected chi connectivity index (χ4v) is 2.85. The minimum absolute atomic E-state index is 0.0273. The van der Waals surface area contributed by atoms with Crippen LogP contribution >= 0.6 is 0 Å². The Hall–Kier alpha value is -3.21.